The molecule has 0 radical (unpaired) electrons. The molecule has 1 amide bonds. The summed E-state index contributed by atoms with van der Waals surface area (Å²) in [4.78, 5) is 29.7. The fraction of sp³-hybridized carbons (Fsp3) is 0.562. The molecule has 0 aromatic carbocycles. The molecule has 0 spiro atoms. The summed E-state index contributed by atoms with van der Waals surface area (Å²) in [6, 6.07) is 3.71. The van der Waals surface area contributed by atoms with Gasteiger partial charge in [0, 0.05) is 6.54 Å². The Labute approximate surface area is 130 Å². The van der Waals surface area contributed by atoms with Crippen molar-refractivity contribution in [1.82, 2.24) is 4.98 Å². The van der Waals surface area contributed by atoms with E-state index >= 15 is 0 Å². The van der Waals surface area contributed by atoms with Gasteiger partial charge in [0.25, 0.3) is 0 Å². The number of hydrogen-bond acceptors (Lipinski definition) is 5. The van der Waals surface area contributed by atoms with E-state index in [2.05, 4.69) is 9.72 Å². The maximum atomic E-state index is 12.3. The topological polar surface area (TPSA) is 68.7 Å². The molecule has 2 heterocycles. The van der Waals surface area contributed by atoms with E-state index in [1.807, 2.05) is 26.8 Å². The minimum Gasteiger partial charge on any atom is -0.469 e. The van der Waals surface area contributed by atoms with Crippen LogP contribution in [0.2, 0.25) is 0 Å². The molecule has 2 rings (SSSR count). The number of anilines is 1. The molecular formula is C16H22N2O4. The molecule has 6 heteroatoms. The first-order chi connectivity index (χ1) is 10.3. The molecule has 0 aliphatic carbocycles. The molecule has 0 saturated heterocycles. The van der Waals surface area contributed by atoms with Crippen LogP contribution < -0.4 is 4.90 Å². The van der Waals surface area contributed by atoms with Gasteiger partial charge in [0.2, 0.25) is 0 Å². The fourth-order valence-electron chi connectivity index (χ4n) is 2.29. The van der Waals surface area contributed by atoms with E-state index in [0.29, 0.717) is 18.1 Å². The number of amides is 1. The summed E-state index contributed by atoms with van der Waals surface area (Å²) in [7, 11) is 1.34. The van der Waals surface area contributed by atoms with Crippen LogP contribution in [0.5, 0.6) is 0 Å². The number of fused-ring (bicyclic) bond motifs is 1. The van der Waals surface area contributed by atoms with Gasteiger partial charge in [-0.25, -0.2) is 9.78 Å². The number of aromatic nitrogens is 1. The highest BCUT2D eigenvalue weighted by Crippen LogP contribution is 2.27. The van der Waals surface area contributed by atoms with Crippen LogP contribution in [0.4, 0.5) is 10.6 Å². The number of nitrogens with zero attached hydrogens (tertiary/aromatic N) is 2. The van der Waals surface area contributed by atoms with Crippen LogP contribution >= 0.6 is 0 Å². The summed E-state index contributed by atoms with van der Waals surface area (Å²) in [6.07, 6.45) is 1.41. The number of pyridine rings is 1. The van der Waals surface area contributed by atoms with Gasteiger partial charge < -0.3 is 9.47 Å². The Morgan fingerprint density at radius 3 is 2.68 bits per heavy atom. The Hall–Kier alpha value is -2.11. The molecular weight excluding hydrogens is 284 g/mol. The molecule has 0 bridgehead atoms. The largest absolute Gasteiger partial charge is 0.469 e. The lowest BCUT2D eigenvalue weighted by Crippen LogP contribution is -2.40. The van der Waals surface area contributed by atoms with Gasteiger partial charge in [-0.05, 0) is 45.2 Å². The minimum absolute atomic E-state index is 0.0892. The predicted octanol–water partition coefficient (Wildman–Crippen LogP) is 2.48. The molecule has 1 aliphatic rings. The van der Waals surface area contributed by atoms with Crippen molar-refractivity contribution >= 4 is 17.9 Å². The van der Waals surface area contributed by atoms with Gasteiger partial charge >= 0.3 is 12.1 Å². The van der Waals surface area contributed by atoms with Crippen molar-refractivity contribution < 1.29 is 19.1 Å². The summed E-state index contributed by atoms with van der Waals surface area (Å²) >= 11 is 0. The van der Waals surface area contributed by atoms with Crippen LogP contribution in [-0.4, -0.2) is 36.3 Å². The summed E-state index contributed by atoms with van der Waals surface area (Å²) in [5.74, 6) is 0.231. The zero-order valence-electron chi connectivity index (χ0n) is 13.5. The van der Waals surface area contributed by atoms with E-state index in [1.165, 1.54) is 7.11 Å². The van der Waals surface area contributed by atoms with Gasteiger partial charge in [-0.3, -0.25) is 9.69 Å². The monoisotopic (exact) mass is 306 g/mol. The van der Waals surface area contributed by atoms with Crippen molar-refractivity contribution in [2.45, 2.75) is 45.6 Å². The highest BCUT2D eigenvalue weighted by molar-refractivity contribution is 5.88. The third-order valence-electron chi connectivity index (χ3n) is 3.26. The van der Waals surface area contributed by atoms with Crippen molar-refractivity contribution in [2.75, 3.05) is 18.6 Å². The first kappa shape index (κ1) is 16.3. The van der Waals surface area contributed by atoms with E-state index in [1.54, 1.807) is 11.0 Å². The lowest BCUT2D eigenvalue weighted by atomic mass is 10.1. The van der Waals surface area contributed by atoms with Gasteiger partial charge in [-0.15, -0.1) is 0 Å². The Balaban J connectivity index is 2.26. The molecule has 0 unspecified atom stereocenters. The van der Waals surface area contributed by atoms with Crippen LogP contribution in [0.15, 0.2) is 12.1 Å². The van der Waals surface area contributed by atoms with Crippen LogP contribution in [-0.2, 0) is 27.1 Å². The molecule has 22 heavy (non-hydrogen) atoms. The van der Waals surface area contributed by atoms with Crippen LogP contribution in [0, 0.1) is 0 Å². The maximum absolute atomic E-state index is 12.3. The molecule has 1 aromatic rings. The molecule has 6 nitrogen and oxygen atoms in total. The SMILES string of the molecule is COC(=O)Cc1ccc2c(n1)N(C(=O)OC(C)(C)C)CCC2. The van der Waals surface area contributed by atoms with E-state index in [9.17, 15) is 9.59 Å². The lowest BCUT2D eigenvalue weighted by molar-refractivity contribution is -0.139. The smallest absolute Gasteiger partial charge is 0.416 e. The number of rotatable bonds is 2. The number of carbonyl (C=O) groups excluding carboxylic acids is 2. The Kier molecular flexibility index (Phi) is 4.68. The molecule has 120 valence electrons. The molecule has 0 atom stereocenters. The van der Waals surface area contributed by atoms with Crippen molar-refractivity contribution in [3.05, 3.63) is 23.4 Å². The standard InChI is InChI=1S/C16H22N2O4/c1-16(2,3)22-15(20)18-9-5-6-11-7-8-12(17-14(11)18)10-13(19)21-4/h7-8H,5-6,9-10H2,1-4H3. The fourth-order valence-corrected chi connectivity index (χ4v) is 2.29. The third-order valence-corrected chi connectivity index (χ3v) is 3.26. The number of ether oxygens (including phenoxy) is 2. The average Bonchev–Trinajstić information content (AvgIpc) is 2.44. The summed E-state index contributed by atoms with van der Waals surface area (Å²) in [5, 5.41) is 0. The molecule has 1 aromatic heterocycles. The van der Waals surface area contributed by atoms with E-state index < -0.39 is 11.7 Å². The highest BCUT2D eigenvalue weighted by atomic mass is 16.6. The molecule has 0 N–H and O–H groups in total. The molecule has 1 aliphatic heterocycles. The number of carbonyl (C=O) groups is 2. The highest BCUT2D eigenvalue weighted by Gasteiger charge is 2.28. The van der Waals surface area contributed by atoms with E-state index in [0.717, 1.165) is 18.4 Å². The van der Waals surface area contributed by atoms with Gasteiger partial charge in [-0.1, -0.05) is 6.07 Å². The quantitative estimate of drug-likeness (QED) is 0.785. The van der Waals surface area contributed by atoms with Crippen LogP contribution in [0.3, 0.4) is 0 Å². The number of hydrogen-bond donors (Lipinski definition) is 0. The third kappa shape index (κ3) is 3.96. The first-order valence-electron chi connectivity index (χ1n) is 7.36. The lowest BCUT2D eigenvalue weighted by Gasteiger charge is -2.31. The van der Waals surface area contributed by atoms with Crippen molar-refractivity contribution in [1.29, 1.82) is 0 Å². The van der Waals surface area contributed by atoms with Crippen molar-refractivity contribution in [2.24, 2.45) is 0 Å². The summed E-state index contributed by atoms with van der Waals surface area (Å²) in [6.45, 7) is 6.06. The zero-order valence-corrected chi connectivity index (χ0v) is 13.5. The second kappa shape index (κ2) is 6.34. The van der Waals surface area contributed by atoms with Crippen molar-refractivity contribution in [3.8, 4) is 0 Å². The summed E-state index contributed by atoms with van der Waals surface area (Å²) in [5.41, 5.74) is 1.02. The van der Waals surface area contributed by atoms with Crippen LogP contribution in [0.25, 0.3) is 0 Å². The maximum Gasteiger partial charge on any atom is 0.416 e. The van der Waals surface area contributed by atoms with Gasteiger partial charge in [0.1, 0.15) is 11.4 Å². The first-order valence-corrected chi connectivity index (χ1v) is 7.36. The molecule has 0 saturated carbocycles. The number of methoxy groups -OCH3 is 1. The van der Waals surface area contributed by atoms with Crippen LogP contribution in [0.1, 0.15) is 38.4 Å². The van der Waals surface area contributed by atoms with E-state index in [4.69, 9.17) is 4.74 Å². The second-order valence-electron chi connectivity index (χ2n) is 6.27. The van der Waals surface area contributed by atoms with Gasteiger partial charge in [-0.2, -0.15) is 0 Å². The normalized spacial score (nSPS) is 14.3. The Morgan fingerprint density at radius 1 is 1.32 bits per heavy atom. The van der Waals surface area contributed by atoms with Crippen molar-refractivity contribution in [3.63, 3.8) is 0 Å². The number of esters is 1. The zero-order chi connectivity index (χ0) is 16.3. The number of aryl methyl sites for hydroxylation is 1. The van der Waals surface area contributed by atoms with Gasteiger partial charge in [0.05, 0.1) is 19.2 Å². The Morgan fingerprint density at radius 2 is 2.05 bits per heavy atom. The average molecular weight is 306 g/mol. The summed E-state index contributed by atoms with van der Waals surface area (Å²) < 4.78 is 10.1. The van der Waals surface area contributed by atoms with E-state index in [-0.39, 0.29) is 12.4 Å². The minimum atomic E-state index is -0.557. The molecule has 0 fully saturated rings. The van der Waals surface area contributed by atoms with Gasteiger partial charge in [0.15, 0.2) is 0 Å². The predicted molar refractivity (Wildman–Crippen MR) is 81.9 cm³/mol. The second-order valence-corrected chi connectivity index (χ2v) is 6.27. The Bertz CT molecular complexity index is 578.